The number of rotatable bonds is 5. The maximum atomic E-state index is 9.02. The molecule has 0 saturated heterocycles. The van der Waals surface area contributed by atoms with Crippen LogP contribution in [0.1, 0.15) is 17.5 Å². The molecule has 0 atom stereocenters. The van der Waals surface area contributed by atoms with Crippen molar-refractivity contribution in [1.82, 2.24) is 0 Å². The van der Waals surface area contributed by atoms with Gasteiger partial charge in [0.1, 0.15) is 5.75 Å². The maximum Gasteiger partial charge on any atom is 0.126 e. The molecule has 15 heavy (non-hydrogen) atoms. The van der Waals surface area contributed by atoms with Crippen molar-refractivity contribution < 1.29 is 9.84 Å². The van der Waals surface area contributed by atoms with E-state index in [-0.39, 0.29) is 6.61 Å². The number of benzene rings is 1. The van der Waals surface area contributed by atoms with Gasteiger partial charge in [-0.3, -0.25) is 0 Å². The van der Waals surface area contributed by atoms with E-state index >= 15 is 0 Å². The summed E-state index contributed by atoms with van der Waals surface area (Å²) in [5.41, 5.74) is 1.90. The number of ether oxygens (including phenoxy) is 1. The van der Waals surface area contributed by atoms with Gasteiger partial charge in [0.2, 0.25) is 0 Å². The molecule has 0 unspecified atom stereocenters. The average molecular weight is 271 g/mol. The van der Waals surface area contributed by atoms with E-state index in [1.54, 1.807) is 7.11 Å². The molecule has 3 heteroatoms. The Kier molecular flexibility index (Phi) is 5.43. The summed E-state index contributed by atoms with van der Waals surface area (Å²) >= 11 is 3.36. The largest absolute Gasteiger partial charge is 0.496 e. The first-order valence-corrected chi connectivity index (χ1v) is 5.94. The Hall–Kier alpha value is -0.800. The predicted octanol–water partition coefficient (Wildman–Crippen LogP) is 2.99. The van der Waals surface area contributed by atoms with Crippen molar-refractivity contribution in [3.63, 3.8) is 0 Å². The molecule has 82 valence electrons. The number of alkyl halides is 1. The molecule has 0 aromatic heterocycles. The number of methoxy groups -OCH3 is 1. The molecule has 0 aliphatic rings. The molecule has 0 fully saturated rings. The zero-order chi connectivity index (χ0) is 11.1. The fourth-order valence-electron chi connectivity index (χ4n) is 1.29. The summed E-state index contributed by atoms with van der Waals surface area (Å²) in [7, 11) is 1.65. The Balaban J connectivity index is 2.90. The standard InChI is InChI=1S/C12H15BrO2/c1-15-12-6-5-10(9-14)8-11(12)4-2-3-7-13/h2,4-6,8,14H,3,7,9H2,1H3. The van der Waals surface area contributed by atoms with E-state index < -0.39 is 0 Å². The minimum Gasteiger partial charge on any atom is -0.496 e. The number of hydrogen-bond acceptors (Lipinski definition) is 2. The van der Waals surface area contributed by atoms with Gasteiger partial charge in [0.05, 0.1) is 13.7 Å². The van der Waals surface area contributed by atoms with Crippen LogP contribution >= 0.6 is 15.9 Å². The second-order valence-electron chi connectivity index (χ2n) is 3.11. The van der Waals surface area contributed by atoms with Crippen LogP contribution in [0.3, 0.4) is 0 Å². The molecule has 0 heterocycles. The number of aliphatic hydroxyl groups is 1. The molecule has 0 radical (unpaired) electrons. The van der Waals surface area contributed by atoms with E-state index in [1.807, 2.05) is 24.3 Å². The Labute approximate surface area is 98.7 Å². The monoisotopic (exact) mass is 270 g/mol. The third-order valence-corrected chi connectivity index (χ3v) is 2.51. The quantitative estimate of drug-likeness (QED) is 0.834. The molecule has 0 aliphatic carbocycles. The Morgan fingerprint density at radius 3 is 2.87 bits per heavy atom. The van der Waals surface area contributed by atoms with Crippen LogP contribution in [-0.4, -0.2) is 17.5 Å². The van der Waals surface area contributed by atoms with E-state index in [2.05, 4.69) is 22.0 Å². The van der Waals surface area contributed by atoms with E-state index in [1.165, 1.54) is 0 Å². The van der Waals surface area contributed by atoms with Crippen LogP contribution in [-0.2, 0) is 6.61 Å². The molecule has 0 spiro atoms. The van der Waals surface area contributed by atoms with Gasteiger partial charge in [-0.15, -0.1) is 0 Å². The average Bonchev–Trinajstić information content (AvgIpc) is 2.29. The Bertz CT molecular complexity index is 334. The summed E-state index contributed by atoms with van der Waals surface area (Å²) in [5, 5.41) is 9.97. The Morgan fingerprint density at radius 1 is 1.47 bits per heavy atom. The maximum absolute atomic E-state index is 9.02. The van der Waals surface area contributed by atoms with Crippen molar-refractivity contribution in [2.24, 2.45) is 0 Å². The lowest BCUT2D eigenvalue weighted by Crippen LogP contribution is -1.90. The summed E-state index contributed by atoms with van der Waals surface area (Å²) in [6, 6.07) is 5.67. The minimum absolute atomic E-state index is 0.0588. The van der Waals surface area contributed by atoms with Gasteiger partial charge in [-0.25, -0.2) is 0 Å². The lowest BCUT2D eigenvalue weighted by Gasteiger charge is -2.06. The van der Waals surface area contributed by atoms with E-state index in [9.17, 15) is 0 Å². The number of hydrogen-bond donors (Lipinski definition) is 1. The lowest BCUT2D eigenvalue weighted by molar-refractivity contribution is 0.281. The highest BCUT2D eigenvalue weighted by atomic mass is 79.9. The summed E-state index contributed by atoms with van der Waals surface area (Å²) in [5.74, 6) is 0.832. The van der Waals surface area contributed by atoms with Crippen molar-refractivity contribution in [3.05, 3.63) is 35.4 Å². The first-order chi connectivity index (χ1) is 7.31. The van der Waals surface area contributed by atoms with Crippen molar-refractivity contribution in [2.75, 3.05) is 12.4 Å². The second-order valence-corrected chi connectivity index (χ2v) is 3.91. The summed E-state index contributed by atoms with van der Waals surface area (Å²) in [6.07, 6.45) is 5.07. The molecule has 1 aromatic rings. The number of aliphatic hydroxyl groups excluding tert-OH is 1. The van der Waals surface area contributed by atoms with Gasteiger partial charge < -0.3 is 9.84 Å². The summed E-state index contributed by atoms with van der Waals surface area (Å²) < 4.78 is 5.23. The zero-order valence-electron chi connectivity index (χ0n) is 8.74. The molecular formula is C12H15BrO2. The molecule has 0 aliphatic heterocycles. The molecular weight excluding hydrogens is 256 g/mol. The van der Waals surface area contributed by atoms with E-state index in [0.29, 0.717) is 0 Å². The van der Waals surface area contributed by atoms with Crippen molar-refractivity contribution in [3.8, 4) is 5.75 Å². The SMILES string of the molecule is COc1ccc(CO)cc1C=CCCBr. The third-order valence-electron chi connectivity index (χ3n) is 2.05. The topological polar surface area (TPSA) is 29.5 Å². The van der Waals surface area contributed by atoms with Crippen molar-refractivity contribution in [2.45, 2.75) is 13.0 Å². The van der Waals surface area contributed by atoms with Gasteiger partial charge in [-0.05, 0) is 24.1 Å². The molecule has 1 N–H and O–H groups in total. The van der Waals surface area contributed by atoms with Crippen LogP contribution < -0.4 is 4.74 Å². The van der Waals surface area contributed by atoms with Crippen LogP contribution in [0.4, 0.5) is 0 Å². The van der Waals surface area contributed by atoms with Crippen molar-refractivity contribution >= 4 is 22.0 Å². The van der Waals surface area contributed by atoms with Crippen LogP contribution in [0.25, 0.3) is 6.08 Å². The van der Waals surface area contributed by atoms with Gasteiger partial charge in [-0.1, -0.05) is 34.1 Å². The van der Waals surface area contributed by atoms with Crippen LogP contribution in [0.5, 0.6) is 5.75 Å². The van der Waals surface area contributed by atoms with Gasteiger partial charge >= 0.3 is 0 Å². The van der Waals surface area contributed by atoms with E-state index in [0.717, 1.165) is 28.6 Å². The summed E-state index contributed by atoms with van der Waals surface area (Å²) in [6.45, 7) is 0.0588. The minimum atomic E-state index is 0.0588. The van der Waals surface area contributed by atoms with Gasteiger partial charge in [0.15, 0.2) is 0 Å². The van der Waals surface area contributed by atoms with Crippen molar-refractivity contribution in [1.29, 1.82) is 0 Å². The zero-order valence-corrected chi connectivity index (χ0v) is 10.3. The molecule has 0 saturated carbocycles. The van der Waals surface area contributed by atoms with Gasteiger partial charge in [0.25, 0.3) is 0 Å². The fraction of sp³-hybridized carbons (Fsp3) is 0.333. The summed E-state index contributed by atoms with van der Waals surface area (Å²) in [4.78, 5) is 0. The molecule has 2 nitrogen and oxygen atoms in total. The van der Waals surface area contributed by atoms with Gasteiger partial charge in [0, 0.05) is 10.9 Å². The first-order valence-electron chi connectivity index (χ1n) is 4.82. The Morgan fingerprint density at radius 2 is 2.27 bits per heavy atom. The van der Waals surface area contributed by atoms with Gasteiger partial charge in [-0.2, -0.15) is 0 Å². The number of halogens is 1. The van der Waals surface area contributed by atoms with Crippen LogP contribution in [0, 0.1) is 0 Å². The lowest BCUT2D eigenvalue weighted by atomic mass is 10.1. The predicted molar refractivity (Wildman–Crippen MR) is 66.4 cm³/mol. The normalized spacial score (nSPS) is 10.9. The first kappa shape index (κ1) is 12.3. The third kappa shape index (κ3) is 3.68. The second kappa shape index (κ2) is 6.64. The molecule has 1 aromatic carbocycles. The van der Waals surface area contributed by atoms with Crippen LogP contribution in [0.2, 0.25) is 0 Å². The molecule has 0 amide bonds. The highest BCUT2D eigenvalue weighted by Crippen LogP contribution is 2.21. The smallest absolute Gasteiger partial charge is 0.126 e. The highest BCUT2D eigenvalue weighted by Gasteiger charge is 2.00. The van der Waals surface area contributed by atoms with E-state index in [4.69, 9.17) is 9.84 Å². The fourth-order valence-corrected chi connectivity index (χ4v) is 1.55. The van der Waals surface area contributed by atoms with Crippen LogP contribution in [0.15, 0.2) is 24.3 Å². The molecule has 0 bridgehead atoms. The number of allylic oxidation sites excluding steroid dienone is 1. The molecule has 1 rings (SSSR count). The highest BCUT2D eigenvalue weighted by molar-refractivity contribution is 9.09.